The van der Waals surface area contributed by atoms with Gasteiger partial charge in [0.15, 0.2) is 11.6 Å². The van der Waals surface area contributed by atoms with Gasteiger partial charge in [-0.1, -0.05) is 135 Å². The van der Waals surface area contributed by atoms with Gasteiger partial charge in [-0.25, -0.2) is 0 Å². The van der Waals surface area contributed by atoms with E-state index < -0.39 is 0 Å². The second kappa shape index (κ2) is 19.8. The molecule has 292 valence electrons. The molecule has 2 N–H and O–H groups in total. The van der Waals surface area contributed by atoms with Crippen LogP contribution in [0.4, 0.5) is 0 Å². The third-order valence-electron chi connectivity index (χ3n) is 11.5. The molecule has 2 aliphatic heterocycles. The first-order valence-corrected chi connectivity index (χ1v) is 20.1. The number of allylic oxidation sites excluding steroid dienone is 20. The topological polar surface area (TPSA) is 64.7 Å². The molecule has 0 aromatic rings. The molecule has 54 heavy (non-hydrogen) atoms. The van der Waals surface area contributed by atoms with Crippen molar-refractivity contribution in [3.05, 3.63) is 130 Å². The van der Waals surface area contributed by atoms with Gasteiger partial charge >= 0.3 is 0 Å². The lowest BCUT2D eigenvalue weighted by Crippen LogP contribution is -2.54. The number of hydrogen-bond donors (Lipinski definition) is 2. The molecule has 2 aliphatic carbocycles. The van der Waals surface area contributed by atoms with Crippen molar-refractivity contribution in [3.8, 4) is 0 Å². The zero-order valence-electron chi connectivity index (χ0n) is 35.0. The molecule has 0 aromatic carbocycles. The zero-order valence-corrected chi connectivity index (χ0v) is 35.0. The first-order valence-electron chi connectivity index (χ1n) is 20.1. The first-order chi connectivity index (χ1) is 25.6. The van der Waals surface area contributed by atoms with Gasteiger partial charge in [0, 0.05) is 52.4 Å². The van der Waals surface area contributed by atoms with Gasteiger partial charge in [0.1, 0.15) is 0 Å². The number of Topliss-reactive ketones (excluding diaryl/α,β-unsaturated/α-hetero) is 2. The molecule has 0 saturated carbocycles. The van der Waals surface area contributed by atoms with Crippen molar-refractivity contribution in [1.82, 2.24) is 20.4 Å². The average molecular weight is 733 g/mol. The van der Waals surface area contributed by atoms with E-state index in [1.165, 1.54) is 0 Å². The van der Waals surface area contributed by atoms with Crippen LogP contribution in [0.5, 0.6) is 0 Å². The van der Waals surface area contributed by atoms with Gasteiger partial charge in [-0.05, 0) is 87.5 Å². The number of carbonyl (C=O) groups is 2. The van der Waals surface area contributed by atoms with E-state index in [1.807, 2.05) is 13.8 Å². The SMILES string of the molecule is CC1=C(/C=C/C(C)=C/C=C/C(C)=C/C=C/C=C(C)/C=C/C=C(C)/C=C/C2=C(C)C(=O)C(N3CCNCC3)CC2(C)C)C(C)(C)CC(N2CCNCC2)C1=O. The average Bonchev–Trinajstić information content (AvgIpc) is 3.13. The van der Waals surface area contributed by atoms with Crippen LogP contribution in [0.1, 0.15) is 82.1 Å². The van der Waals surface area contributed by atoms with E-state index in [9.17, 15) is 9.59 Å². The van der Waals surface area contributed by atoms with Crippen LogP contribution in [0.15, 0.2) is 130 Å². The van der Waals surface area contributed by atoms with E-state index in [1.54, 1.807) is 0 Å². The van der Waals surface area contributed by atoms with Gasteiger partial charge in [-0.3, -0.25) is 19.4 Å². The number of piperazine rings is 2. The lowest BCUT2D eigenvalue weighted by atomic mass is 9.69. The molecule has 0 amide bonds. The van der Waals surface area contributed by atoms with E-state index in [0.717, 1.165) is 110 Å². The highest BCUT2D eigenvalue weighted by molar-refractivity contribution is 6.02. The van der Waals surface area contributed by atoms with Gasteiger partial charge in [-0.15, -0.1) is 0 Å². The Morgan fingerprint density at radius 3 is 1.20 bits per heavy atom. The van der Waals surface area contributed by atoms with Crippen LogP contribution >= 0.6 is 0 Å². The Morgan fingerprint density at radius 1 is 0.537 bits per heavy atom. The summed E-state index contributed by atoms with van der Waals surface area (Å²) in [6.07, 6.45) is 31.3. The molecule has 2 heterocycles. The number of carbonyl (C=O) groups excluding carboxylic acids is 2. The van der Waals surface area contributed by atoms with Gasteiger partial charge in [0.25, 0.3) is 0 Å². The number of ketones is 2. The summed E-state index contributed by atoms with van der Waals surface area (Å²) in [4.78, 5) is 31.4. The molecule has 6 heteroatoms. The van der Waals surface area contributed by atoms with Crippen molar-refractivity contribution in [2.45, 2.75) is 94.2 Å². The van der Waals surface area contributed by atoms with Gasteiger partial charge in [0.05, 0.1) is 12.1 Å². The lowest BCUT2D eigenvalue weighted by molar-refractivity contribution is -0.123. The van der Waals surface area contributed by atoms with E-state index in [-0.39, 0.29) is 34.5 Å². The van der Waals surface area contributed by atoms with Crippen LogP contribution in [-0.4, -0.2) is 85.8 Å². The van der Waals surface area contributed by atoms with Crippen molar-refractivity contribution in [1.29, 1.82) is 0 Å². The Hall–Kier alpha value is -3.68. The van der Waals surface area contributed by atoms with Gasteiger partial charge in [0.2, 0.25) is 0 Å². The summed E-state index contributed by atoms with van der Waals surface area (Å²) in [5.41, 5.74) is 8.64. The molecule has 2 unspecified atom stereocenters. The van der Waals surface area contributed by atoms with Crippen molar-refractivity contribution >= 4 is 11.6 Å². The fraction of sp³-hybridized carbons (Fsp3) is 0.500. The number of nitrogens with zero attached hydrogens (tertiary/aromatic N) is 2. The van der Waals surface area contributed by atoms with Crippen molar-refractivity contribution in [2.75, 3.05) is 52.4 Å². The fourth-order valence-electron chi connectivity index (χ4n) is 8.20. The minimum Gasteiger partial charge on any atom is -0.314 e. The third kappa shape index (κ3) is 11.9. The Labute approximate surface area is 327 Å². The Balaban J connectivity index is 1.28. The van der Waals surface area contributed by atoms with Crippen LogP contribution in [-0.2, 0) is 9.59 Å². The second-order valence-corrected chi connectivity index (χ2v) is 17.0. The van der Waals surface area contributed by atoms with Crippen LogP contribution in [0.25, 0.3) is 0 Å². The third-order valence-corrected chi connectivity index (χ3v) is 11.5. The highest BCUT2D eigenvalue weighted by atomic mass is 16.1. The molecule has 2 atom stereocenters. The zero-order chi connectivity index (χ0) is 39.5. The second-order valence-electron chi connectivity index (χ2n) is 17.0. The van der Waals surface area contributed by atoms with Crippen molar-refractivity contribution in [2.24, 2.45) is 10.8 Å². The monoisotopic (exact) mass is 733 g/mol. The van der Waals surface area contributed by atoms with Crippen LogP contribution < -0.4 is 10.6 Å². The maximum Gasteiger partial charge on any atom is 0.175 e. The number of nitrogens with one attached hydrogen (secondary N) is 2. The molecule has 0 spiro atoms. The first kappa shape index (κ1) is 43.1. The highest BCUT2D eigenvalue weighted by Crippen LogP contribution is 2.42. The summed E-state index contributed by atoms with van der Waals surface area (Å²) in [7, 11) is 0. The molecule has 0 bridgehead atoms. The van der Waals surface area contributed by atoms with Crippen molar-refractivity contribution < 1.29 is 9.59 Å². The Kier molecular flexibility index (Phi) is 15.8. The normalized spacial score (nSPS) is 26.3. The van der Waals surface area contributed by atoms with Crippen LogP contribution in [0, 0.1) is 10.8 Å². The molecule has 4 aliphatic rings. The quantitative estimate of drug-likeness (QED) is 0.196. The van der Waals surface area contributed by atoms with Crippen LogP contribution in [0.2, 0.25) is 0 Å². The van der Waals surface area contributed by atoms with Crippen LogP contribution in [0.3, 0.4) is 0 Å². The number of hydrogen-bond acceptors (Lipinski definition) is 6. The molecular weight excluding hydrogens is 665 g/mol. The molecule has 2 saturated heterocycles. The van der Waals surface area contributed by atoms with E-state index >= 15 is 0 Å². The van der Waals surface area contributed by atoms with E-state index in [4.69, 9.17) is 0 Å². The smallest absolute Gasteiger partial charge is 0.175 e. The summed E-state index contributed by atoms with van der Waals surface area (Å²) in [6, 6.07) is -0.0154. The molecule has 6 nitrogen and oxygen atoms in total. The van der Waals surface area contributed by atoms with E-state index in [2.05, 4.69) is 161 Å². The molecule has 2 fully saturated rings. The van der Waals surface area contributed by atoms with Gasteiger partial charge < -0.3 is 10.6 Å². The standard InChI is InChI=1S/C48H68N4O2/c1-35(17-13-19-37(3)21-23-41-39(5)45(53)43(33-47(41,7)8)51-29-25-49-26-30-51)15-11-12-16-36(2)18-14-20-38(4)22-24-42-40(6)46(54)44(34-48(42,9)10)52-31-27-50-28-32-52/h11-24,43-44,49-50H,25-34H2,1-10H3/b12-11+,17-13+,18-14+,23-21+,24-22+,35-15+,36-16+,37-19+,38-20+. The molecule has 0 aromatic heterocycles. The van der Waals surface area contributed by atoms with Crippen molar-refractivity contribution in [3.63, 3.8) is 0 Å². The van der Waals surface area contributed by atoms with Gasteiger partial charge in [-0.2, -0.15) is 0 Å². The maximum atomic E-state index is 13.4. The summed E-state index contributed by atoms with van der Waals surface area (Å²) >= 11 is 0. The molecule has 4 rings (SSSR count). The minimum absolute atomic E-state index is 0.00769. The Bertz CT molecular complexity index is 1590. The number of rotatable bonds is 12. The summed E-state index contributed by atoms with van der Waals surface area (Å²) in [6.45, 7) is 29.1. The predicted octanol–water partition coefficient (Wildman–Crippen LogP) is 8.73. The largest absolute Gasteiger partial charge is 0.314 e. The predicted molar refractivity (Wildman–Crippen MR) is 229 cm³/mol. The fourth-order valence-corrected chi connectivity index (χ4v) is 8.20. The Morgan fingerprint density at radius 2 is 0.852 bits per heavy atom. The lowest BCUT2D eigenvalue weighted by Gasteiger charge is -2.43. The summed E-state index contributed by atoms with van der Waals surface area (Å²) in [5, 5.41) is 6.80. The van der Waals surface area contributed by atoms with E-state index in [0.29, 0.717) is 0 Å². The summed E-state index contributed by atoms with van der Waals surface area (Å²) < 4.78 is 0. The maximum absolute atomic E-state index is 13.4. The molecule has 0 radical (unpaired) electrons. The summed E-state index contributed by atoms with van der Waals surface area (Å²) in [5.74, 6) is 0.573. The highest BCUT2D eigenvalue weighted by Gasteiger charge is 2.42. The minimum atomic E-state index is -0.0513. The molecular formula is C48H68N4O2.